The van der Waals surface area contributed by atoms with E-state index in [4.69, 9.17) is 9.47 Å². The van der Waals surface area contributed by atoms with Crippen molar-refractivity contribution >= 4 is 29.9 Å². The Morgan fingerprint density at radius 2 is 1.81 bits per heavy atom. The maximum Gasteiger partial charge on any atom is 0.401 e. The molecule has 0 amide bonds. The van der Waals surface area contributed by atoms with Gasteiger partial charge in [0.15, 0.2) is 5.96 Å². The van der Waals surface area contributed by atoms with Gasteiger partial charge in [-0.1, -0.05) is 0 Å². The number of alkyl halides is 3. The summed E-state index contributed by atoms with van der Waals surface area (Å²) in [6.45, 7) is 7.84. The highest BCUT2D eigenvalue weighted by Gasteiger charge is 2.32. The smallest absolute Gasteiger partial charge is 0.381 e. The number of likely N-dealkylation sites (tertiary alicyclic amines) is 1. The van der Waals surface area contributed by atoms with Crippen molar-refractivity contribution in [2.75, 3.05) is 65.7 Å². The summed E-state index contributed by atoms with van der Waals surface area (Å²) < 4.78 is 48.5. The molecule has 0 aromatic heterocycles. The first-order valence-corrected chi connectivity index (χ1v) is 11.4. The molecule has 2 aliphatic rings. The predicted molar refractivity (Wildman–Crippen MR) is 128 cm³/mol. The lowest BCUT2D eigenvalue weighted by Crippen LogP contribution is -2.41. The minimum Gasteiger partial charge on any atom is -0.381 e. The number of hydrogen-bond donors (Lipinski definition) is 2. The van der Waals surface area contributed by atoms with Gasteiger partial charge in [-0.2, -0.15) is 13.2 Å². The van der Waals surface area contributed by atoms with Gasteiger partial charge in [0.05, 0.1) is 6.54 Å². The summed E-state index contributed by atoms with van der Waals surface area (Å²) in [5, 5.41) is 6.60. The lowest BCUT2D eigenvalue weighted by Gasteiger charge is -2.32. The molecular formula is C21H40F3IN4O2. The molecule has 2 fully saturated rings. The number of hydrogen-bond acceptors (Lipinski definition) is 4. The molecular weight excluding hydrogens is 524 g/mol. The molecule has 2 saturated heterocycles. The van der Waals surface area contributed by atoms with E-state index in [2.05, 4.69) is 15.6 Å². The average Bonchev–Trinajstić information content (AvgIpc) is 2.71. The first-order valence-electron chi connectivity index (χ1n) is 11.4. The highest BCUT2D eigenvalue weighted by Crippen LogP contribution is 2.24. The van der Waals surface area contributed by atoms with Crippen molar-refractivity contribution in [3.05, 3.63) is 0 Å². The molecule has 0 aliphatic carbocycles. The lowest BCUT2D eigenvalue weighted by atomic mass is 9.93. The Balaban J connectivity index is 0.00000480. The Kier molecular flexibility index (Phi) is 15.1. The van der Waals surface area contributed by atoms with Crippen LogP contribution in [0.3, 0.4) is 0 Å². The molecule has 184 valence electrons. The van der Waals surface area contributed by atoms with Gasteiger partial charge < -0.3 is 20.1 Å². The second-order valence-corrected chi connectivity index (χ2v) is 8.30. The van der Waals surface area contributed by atoms with Crippen molar-refractivity contribution in [3.8, 4) is 0 Å². The van der Waals surface area contributed by atoms with Crippen LogP contribution < -0.4 is 10.6 Å². The van der Waals surface area contributed by atoms with Crippen LogP contribution in [-0.2, 0) is 9.47 Å². The maximum atomic E-state index is 12.5. The van der Waals surface area contributed by atoms with E-state index in [0.29, 0.717) is 31.5 Å². The van der Waals surface area contributed by atoms with E-state index in [-0.39, 0.29) is 24.0 Å². The summed E-state index contributed by atoms with van der Waals surface area (Å²) in [4.78, 5) is 6.11. The van der Waals surface area contributed by atoms with Crippen molar-refractivity contribution in [3.63, 3.8) is 0 Å². The summed E-state index contributed by atoms with van der Waals surface area (Å²) in [5.74, 6) is 1.90. The van der Waals surface area contributed by atoms with Crippen molar-refractivity contribution < 1.29 is 22.6 Å². The second-order valence-electron chi connectivity index (χ2n) is 8.30. The third kappa shape index (κ3) is 13.7. The van der Waals surface area contributed by atoms with Gasteiger partial charge in [-0.05, 0) is 70.4 Å². The number of nitrogens with zero attached hydrogens (tertiary/aromatic N) is 2. The van der Waals surface area contributed by atoms with Gasteiger partial charge in [0, 0.05) is 46.1 Å². The first-order chi connectivity index (χ1) is 14.5. The molecule has 0 aromatic carbocycles. The van der Waals surface area contributed by atoms with Gasteiger partial charge in [0.2, 0.25) is 0 Å². The highest BCUT2D eigenvalue weighted by atomic mass is 127. The van der Waals surface area contributed by atoms with Crippen molar-refractivity contribution in [2.24, 2.45) is 16.8 Å². The SMILES string of the molecule is CCNC(=NCCCOCC1CCOCC1)NCCC1CCN(CC(F)(F)F)CC1.I. The van der Waals surface area contributed by atoms with Gasteiger partial charge in [0.25, 0.3) is 0 Å². The molecule has 2 N–H and O–H groups in total. The number of rotatable bonds is 11. The van der Waals surface area contributed by atoms with Crippen LogP contribution >= 0.6 is 24.0 Å². The zero-order valence-electron chi connectivity index (χ0n) is 18.7. The van der Waals surface area contributed by atoms with Gasteiger partial charge in [-0.3, -0.25) is 9.89 Å². The lowest BCUT2D eigenvalue weighted by molar-refractivity contribution is -0.148. The van der Waals surface area contributed by atoms with Crippen molar-refractivity contribution in [2.45, 2.75) is 51.6 Å². The molecule has 0 saturated carbocycles. The minimum atomic E-state index is -4.10. The Morgan fingerprint density at radius 1 is 1.10 bits per heavy atom. The molecule has 2 aliphatic heterocycles. The fourth-order valence-corrected chi connectivity index (χ4v) is 3.94. The zero-order chi connectivity index (χ0) is 21.7. The van der Waals surface area contributed by atoms with Crippen LogP contribution in [0.5, 0.6) is 0 Å². The summed E-state index contributed by atoms with van der Waals surface area (Å²) in [5.41, 5.74) is 0. The molecule has 6 nitrogen and oxygen atoms in total. The highest BCUT2D eigenvalue weighted by molar-refractivity contribution is 14.0. The molecule has 0 unspecified atom stereocenters. The largest absolute Gasteiger partial charge is 0.401 e. The number of guanidine groups is 1. The third-order valence-corrected chi connectivity index (χ3v) is 5.71. The average molecular weight is 564 g/mol. The quantitative estimate of drug-likeness (QED) is 0.174. The van der Waals surface area contributed by atoms with Gasteiger partial charge in [-0.25, -0.2) is 0 Å². The Hall–Kier alpha value is -0.330. The van der Waals surface area contributed by atoms with Crippen LogP contribution in [0.25, 0.3) is 0 Å². The van der Waals surface area contributed by atoms with E-state index in [1.165, 1.54) is 4.90 Å². The number of halogens is 4. The zero-order valence-corrected chi connectivity index (χ0v) is 21.1. The number of ether oxygens (including phenoxy) is 2. The fraction of sp³-hybridized carbons (Fsp3) is 0.952. The van der Waals surface area contributed by atoms with Crippen molar-refractivity contribution in [1.29, 1.82) is 0 Å². The van der Waals surface area contributed by atoms with E-state index in [1.54, 1.807) is 0 Å². The Labute approximate surface area is 202 Å². The van der Waals surface area contributed by atoms with Crippen molar-refractivity contribution in [1.82, 2.24) is 15.5 Å². The van der Waals surface area contributed by atoms with E-state index in [9.17, 15) is 13.2 Å². The van der Waals surface area contributed by atoms with E-state index in [0.717, 1.165) is 84.0 Å². The topological polar surface area (TPSA) is 58.1 Å². The predicted octanol–water partition coefficient (Wildman–Crippen LogP) is 3.66. The standard InChI is InChI=1S/C21H39F3N4O2.HI/c1-2-25-20(26-9-3-13-30-16-19-7-14-29-15-8-19)27-10-4-18-5-11-28(12-6-18)17-21(22,23)24;/h18-19H,2-17H2,1H3,(H2,25,26,27);1H. The van der Waals surface area contributed by atoms with Crippen LogP contribution in [0.15, 0.2) is 4.99 Å². The molecule has 31 heavy (non-hydrogen) atoms. The summed E-state index contributed by atoms with van der Waals surface area (Å²) in [7, 11) is 0. The van der Waals surface area contributed by atoms with Gasteiger partial charge >= 0.3 is 6.18 Å². The molecule has 10 heteroatoms. The normalized spacial score (nSPS) is 19.8. The van der Waals surface area contributed by atoms with E-state index >= 15 is 0 Å². The summed E-state index contributed by atoms with van der Waals surface area (Å²) in [6.07, 6.45) is 1.59. The first kappa shape index (κ1) is 28.7. The third-order valence-electron chi connectivity index (χ3n) is 5.71. The van der Waals surface area contributed by atoms with Crippen LogP contribution in [-0.4, -0.2) is 82.7 Å². The molecule has 2 heterocycles. The molecule has 0 bridgehead atoms. The Morgan fingerprint density at radius 3 is 2.45 bits per heavy atom. The molecule has 0 spiro atoms. The number of nitrogens with one attached hydrogen (secondary N) is 2. The van der Waals surface area contributed by atoms with Crippen LogP contribution in [0, 0.1) is 11.8 Å². The van der Waals surface area contributed by atoms with Crippen LogP contribution in [0.1, 0.15) is 45.4 Å². The minimum absolute atomic E-state index is 0. The monoisotopic (exact) mass is 564 g/mol. The maximum absolute atomic E-state index is 12.5. The molecule has 0 radical (unpaired) electrons. The number of piperidine rings is 1. The fourth-order valence-electron chi connectivity index (χ4n) is 3.94. The van der Waals surface area contributed by atoms with Gasteiger partial charge in [0.1, 0.15) is 0 Å². The summed E-state index contributed by atoms with van der Waals surface area (Å²) >= 11 is 0. The Bertz CT molecular complexity index is 484. The number of aliphatic imine (C=N–C) groups is 1. The van der Waals surface area contributed by atoms with E-state index in [1.807, 2.05) is 6.92 Å². The van der Waals surface area contributed by atoms with Crippen LogP contribution in [0.4, 0.5) is 13.2 Å². The van der Waals surface area contributed by atoms with Crippen LogP contribution in [0.2, 0.25) is 0 Å². The van der Waals surface area contributed by atoms with E-state index < -0.39 is 12.7 Å². The van der Waals surface area contributed by atoms with Gasteiger partial charge in [-0.15, -0.1) is 24.0 Å². The molecule has 2 rings (SSSR count). The second kappa shape index (κ2) is 16.3. The molecule has 0 atom stereocenters. The molecule has 0 aromatic rings. The summed E-state index contributed by atoms with van der Waals surface area (Å²) in [6, 6.07) is 0.